The zero-order valence-corrected chi connectivity index (χ0v) is 20.2. The number of nitrogens with zero attached hydrogens (tertiary/aromatic N) is 1. The lowest BCUT2D eigenvalue weighted by atomic mass is 10.1. The van der Waals surface area contributed by atoms with Crippen molar-refractivity contribution in [2.75, 3.05) is 27.7 Å². The first-order valence-electron chi connectivity index (χ1n) is 11.4. The number of aliphatic hydroxyl groups is 1. The van der Waals surface area contributed by atoms with Crippen molar-refractivity contribution >= 4 is 7.60 Å². The van der Waals surface area contributed by atoms with Crippen LogP contribution in [0.5, 0.6) is 0 Å². The van der Waals surface area contributed by atoms with Crippen LogP contribution in [0.25, 0.3) is 0 Å². The topological polar surface area (TPSA) is 77.8 Å². The molecule has 0 rings (SSSR count). The smallest absolute Gasteiger partial charge is 0.362 e. The molecule has 0 amide bonds. The zero-order valence-electron chi connectivity index (χ0n) is 19.4. The van der Waals surface area contributed by atoms with E-state index in [1.54, 1.807) is 0 Å². The van der Waals surface area contributed by atoms with E-state index in [4.69, 9.17) is 0 Å². The summed E-state index contributed by atoms with van der Waals surface area (Å²) in [6.45, 7) is 2.26. The Morgan fingerprint density at radius 1 is 0.759 bits per heavy atom. The van der Waals surface area contributed by atoms with Crippen LogP contribution in [0.2, 0.25) is 0 Å². The summed E-state index contributed by atoms with van der Waals surface area (Å²) >= 11 is 0. The number of likely N-dealkylation sites (N-methyl/N-ethyl adjacent to an activating group) is 1. The highest BCUT2D eigenvalue weighted by atomic mass is 31.2. The van der Waals surface area contributed by atoms with Gasteiger partial charge in [-0.15, -0.1) is 0 Å². The quantitative estimate of drug-likeness (QED) is 0.111. The molecule has 3 N–H and O–H groups in total. The predicted molar refractivity (Wildman–Crippen MR) is 124 cm³/mol. The van der Waals surface area contributed by atoms with Crippen molar-refractivity contribution in [2.45, 2.75) is 95.7 Å². The Kier molecular flexibility index (Phi) is 15.1. The maximum absolute atomic E-state index is 11.7. The molecule has 0 radical (unpaired) electrons. The Balaban J connectivity index is 3.78. The predicted octanol–water partition coefficient (Wildman–Crippen LogP) is 5.76. The number of quaternary nitrogens is 1. The van der Waals surface area contributed by atoms with Gasteiger partial charge in [0.05, 0.1) is 21.1 Å². The fraction of sp³-hybridized carbons (Fsp3) is 0.826. The van der Waals surface area contributed by atoms with Gasteiger partial charge in [0.15, 0.2) is 0 Å². The van der Waals surface area contributed by atoms with Crippen LogP contribution in [-0.2, 0) is 4.57 Å². The lowest BCUT2D eigenvalue weighted by molar-refractivity contribution is -0.875. The molecular formula is C23H47NO4P+. The summed E-state index contributed by atoms with van der Waals surface area (Å²) < 4.78 is 12.1. The molecule has 5 nitrogen and oxygen atoms in total. The maximum Gasteiger partial charge on any atom is 0.362 e. The van der Waals surface area contributed by atoms with Gasteiger partial charge in [-0.25, -0.2) is 0 Å². The molecule has 0 aromatic carbocycles. The van der Waals surface area contributed by atoms with Gasteiger partial charge in [-0.1, -0.05) is 56.9 Å². The van der Waals surface area contributed by atoms with Crippen LogP contribution in [0.4, 0.5) is 0 Å². The lowest BCUT2D eigenvalue weighted by Gasteiger charge is -2.35. The average Bonchev–Trinajstić information content (AvgIpc) is 2.59. The van der Waals surface area contributed by atoms with E-state index in [1.807, 2.05) is 21.1 Å². The second-order valence-electron chi connectivity index (χ2n) is 9.30. The van der Waals surface area contributed by atoms with Crippen molar-refractivity contribution < 1.29 is 23.9 Å². The fourth-order valence-electron chi connectivity index (χ4n) is 3.44. The monoisotopic (exact) mass is 432 g/mol. The van der Waals surface area contributed by atoms with E-state index in [1.165, 1.54) is 38.5 Å². The molecule has 1 unspecified atom stereocenters. The molecule has 0 aromatic rings. The lowest BCUT2D eigenvalue weighted by Crippen LogP contribution is -2.49. The molecule has 1 atom stereocenters. The molecule has 0 bridgehead atoms. The Bertz CT molecular complexity index is 507. The summed E-state index contributed by atoms with van der Waals surface area (Å²) in [6.07, 6.45) is 22.6. The second kappa shape index (κ2) is 15.4. The van der Waals surface area contributed by atoms with Gasteiger partial charge in [0.2, 0.25) is 5.34 Å². The van der Waals surface area contributed by atoms with Gasteiger partial charge in [0.25, 0.3) is 0 Å². The highest BCUT2D eigenvalue weighted by Crippen LogP contribution is 2.52. The third-order valence-electron chi connectivity index (χ3n) is 5.00. The average molecular weight is 433 g/mol. The Hall–Kier alpha value is -0.450. The number of hydrogen-bond donors (Lipinski definition) is 3. The first kappa shape index (κ1) is 28.5. The normalized spacial score (nSPS) is 15.4. The highest BCUT2D eigenvalue weighted by molar-refractivity contribution is 7.53. The van der Waals surface area contributed by atoms with Crippen molar-refractivity contribution in [2.24, 2.45) is 0 Å². The highest BCUT2D eigenvalue weighted by Gasteiger charge is 2.48. The van der Waals surface area contributed by atoms with Crippen molar-refractivity contribution in [1.29, 1.82) is 0 Å². The molecule has 0 aliphatic carbocycles. The van der Waals surface area contributed by atoms with Crippen LogP contribution in [0.1, 0.15) is 90.4 Å². The van der Waals surface area contributed by atoms with E-state index < -0.39 is 12.9 Å². The van der Waals surface area contributed by atoms with Crippen LogP contribution >= 0.6 is 7.60 Å². The molecule has 0 spiro atoms. The van der Waals surface area contributed by atoms with Crippen LogP contribution in [-0.4, -0.2) is 52.4 Å². The molecule has 0 heterocycles. The molecule has 29 heavy (non-hydrogen) atoms. The van der Waals surface area contributed by atoms with E-state index in [9.17, 15) is 19.5 Å². The van der Waals surface area contributed by atoms with Crippen molar-refractivity contribution in [3.8, 4) is 0 Å². The third kappa shape index (κ3) is 16.0. The number of allylic oxidation sites excluding steroid dienone is 4. The van der Waals surface area contributed by atoms with E-state index in [0.717, 1.165) is 32.1 Å². The third-order valence-corrected chi connectivity index (χ3v) is 6.45. The minimum absolute atomic E-state index is 0.0506. The van der Waals surface area contributed by atoms with Gasteiger partial charge in [-0.05, 0) is 57.8 Å². The minimum Gasteiger partial charge on any atom is -0.373 e. The largest absolute Gasteiger partial charge is 0.373 e. The van der Waals surface area contributed by atoms with Crippen molar-refractivity contribution in [1.82, 2.24) is 0 Å². The summed E-state index contributed by atoms with van der Waals surface area (Å²) in [7, 11) is 0.944. The number of hydrogen-bond acceptors (Lipinski definition) is 2. The zero-order chi connectivity index (χ0) is 22.2. The standard InChI is InChI=1S/C23H46NO4P/c1-5-6-7-8-9-10-11-12-13-14-15-16-17-18-19-20-21-23(25,29(26,27)28)22-24(2,3)4/h7-8,14-15,25H,5-6,9-13,16-22H2,1-4H3,(H-,26,27,28)/p+1/b8-7-,15-14-. The molecule has 172 valence electrons. The van der Waals surface area contributed by atoms with Gasteiger partial charge in [-0.3, -0.25) is 4.57 Å². The summed E-state index contributed by atoms with van der Waals surface area (Å²) in [5.74, 6) is 0. The van der Waals surface area contributed by atoms with E-state index in [0.29, 0.717) is 10.9 Å². The van der Waals surface area contributed by atoms with Gasteiger partial charge in [0.1, 0.15) is 6.54 Å². The molecule has 0 aliphatic rings. The Morgan fingerprint density at radius 3 is 1.59 bits per heavy atom. The fourth-order valence-corrected chi connectivity index (χ4v) is 4.50. The molecule has 0 saturated heterocycles. The molecule has 0 aliphatic heterocycles. The van der Waals surface area contributed by atoms with E-state index in [2.05, 4.69) is 31.2 Å². The van der Waals surface area contributed by atoms with Gasteiger partial charge >= 0.3 is 7.60 Å². The molecule has 6 heteroatoms. The summed E-state index contributed by atoms with van der Waals surface area (Å²) in [5.41, 5.74) is 0. The maximum atomic E-state index is 11.7. The number of rotatable bonds is 18. The van der Waals surface area contributed by atoms with Crippen LogP contribution in [0.3, 0.4) is 0 Å². The number of unbranched alkanes of at least 4 members (excludes halogenated alkanes) is 9. The summed E-state index contributed by atoms with van der Waals surface area (Å²) in [5, 5.41) is 8.59. The van der Waals surface area contributed by atoms with Crippen LogP contribution < -0.4 is 0 Å². The molecular weight excluding hydrogens is 385 g/mol. The van der Waals surface area contributed by atoms with Crippen LogP contribution in [0, 0.1) is 0 Å². The minimum atomic E-state index is -4.55. The molecule has 0 fully saturated rings. The van der Waals surface area contributed by atoms with Crippen molar-refractivity contribution in [3.05, 3.63) is 24.3 Å². The van der Waals surface area contributed by atoms with Gasteiger partial charge in [0, 0.05) is 0 Å². The Morgan fingerprint density at radius 2 is 1.17 bits per heavy atom. The summed E-state index contributed by atoms with van der Waals surface area (Å²) in [6, 6.07) is 0. The molecule has 0 saturated carbocycles. The summed E-state index contributed by atoms with van der Waals surface area (Å²) in [4.78, 5) is 19.1. The molecule has 0 aromatic heterocycles. The van der Waals surface area contributed by atoms with Gasteiger partial charge in [-0.2, -0.15) is 0 Å². The first-order valence-corrected chi connectivity index (χ1v) is 13.0. The SMILES string of the molecule is CCC/C=C\CCCCC/C=C\CCCCCCC(O)(C[N+](C)(C)C)P(=O)(O)O. The van der Waals surface area contributed by atoms with E-state index >= 15 is 0 Å². The van der Waals surface area contributed by atoms with Crippen LogP contribution in [0.15, 0.2) is 24.3 Å². The first-order chi connectivity index (χ1) is 13.5. The van der Waals surface area contributed by atoms with Crippen molar-refractivity contribution in [3.63, 3.8) is 0 Å². The van der Waals surface area contributed by atoms with Gasteiger partial charge < -0.3 is 19.4 Å². The second-order valence-corrected chi connectivity index (χ2v) is 11.2. The Labute approximate surface area is 179 Å². The van der Waals surface area contributed by atoms with E-state index in [-0.39, 0.29) is 13.0 Å².